The molecule has 4 N–H and O–H groups in total. The molecule has 0 aromatic heterocycles. The second-order valence-corrected chi connectivity index (χ2v) is 1.13. The maximum atomic E-state index is 9.65. The normalized spacial score (nSPS) is 10.4. The van der Waals surface area contributed by atoms with Crippen molar-refractivity contribution in [3.8, 4) is 0 Å². The molecule has 0 aliphatic carbocycles. The summed E-state index contributed by atoms with van der Waals surface area (Å²) >= 11 is 0. The standard InChI is InChI=1S/C3H7NO3.K.Na.2H/c4-2(1-5)3(6)7;;;;/h2,5H,1,4H2,(H,6,7);;;;. The molecule has 0 saturated carbocycles. The summed E-state index contributed by atoms with van der Waals surface area (Å²) in [4.78, 5) is 9.65. The Labute approximate surface area is 118 Å². The molecule has 0 aromatic carbocycles. The second-order valence-electron chi connectivity index (χ2n) is 1.13. The summed E-state index contributed by atoms with van der Waals surface area (Å²) in [6.45, 7) is -0.505. The summed E-state index contributed by atoms with van der Waals surface area (Å²) in [5.41, 5.74) is 4.77. The summed E-state index contributed by atoms with van der Waals surface area (Å²) in [6.07, 6.45) is 0. The summed E-state index contributed by atoms with van der Waals surface area (Å²) in [6, 6.07) is -1.13. The number of nitrogens with two attached hydrogens (primary N) is 1. The zero-order valence-corrected chi connectivity index (χ0v) is 3.66. The monoisotopic (exact) mass is 169 g/mol. The molecule has 0 spiro atoms. The molecular formula is C3H9KNNaO3. The number of carbonyl (C=O) groups is 1. The van der Waals surface area contributed by atoms with Gasteiger partial charge in [0.15, 0.2) is 0 Å². The van der Waals surface area contributed by atoms with Crippen molar-refractivity contribution in [1.29, 1.82) is 0 Å². The minimum absolute atomic E-state index is 0. The van der Waals surface area contributed by atoms with E-state index >= 15 is 0 Å². The van der Waals surface area contributed by atoms with E-state index in [1.807, 2.05) is 0 Å². The molecule has 0 aliphatic rings. The minimum atomic E-state index is -1.18. The van der Waals surface area contributed by atoms with Crippen molar-refractivity contribution in [3.63, 3.8) is 0 Å². The quantitative estimate of drug-likeness (QED) is 0.387. The topological polar surface area (TPSA) is 83.5 Å². The van der Waals surface area contributed by atoms with Gasteiger partial charge in [0, 0.05) is 0 Å². The fraction of sp³-hybridized carbons (Fsp3) is 0.667. The molecule has 0 bridgehead atoms. The molecule has 46 valence electrons. The molecule has 1 atom stereocenters. The first-order valence-corrected chi connectivity index (χ1v) is 1.77. The summed E-state index contributed by atoms with van der Waals surface area (Å²) in [5.74, 6) is -1.18. The van der Waals surface area contributed by atoms with Crippen LogP contribution in [0, 0.1) is 0 Å². The first-order valence-electron chi connectivity index (χ1n) is 1.77. The van der Waals surface area contributed by atoms with Gasteiger partial charge in [-0.2, -0.15) is 0 Å². The summed E-state index contributed by atoms with van der Waals surface area (Å²) < 4.78 is 0. The molecule has 0 amide bonds. The first-order chi connectivity index (χ1) is 3.18. The molecule has 0 radical (unpaired) electrons. The fourth-order valence-electron chi connectivity index (χ4n) is 0.0781. The Kier molecular flexibility index (Phi) is 19.2. The van der Waals surface area contributed by atoms with Gasteiger partial charge in [0.05, 0.1) is 6.61 Å². The number of carboxylic acid groups (broad SMARTS) is 1. The average Bonchev–Trinajstić information content (AvgIpc) is 1.65. The van der Waals surface area contributed by atoms with Crippen LogP contribution in [0.5, 0.6) is 0 Å². The zero-order chi connectivity index (χ0) is 5.86. The van der Waals surface area contributed by atoms with Crippen LogP contribution in [0.15, 0.2) is 0 Å². The van der Waals surface area contributed by atoms with E-state index in [-0.39, 0.29) is 80.9 Å². The van der Waals surface area contributed by atoms with Crippen molar-refractivity contribution >= 4 is 86.9 Å². The average molecular weight is 169 g/mol. The third kappa shape index (κ3) is 10.0. The number of hydrogen-bond donors (Lipinski definition) is 3. The number of aliphatic hydroxyl groups excluding tert-OH is 1. The Morgan fingerprint density at radius 3 is 2.00 bits per heavy atom. The van der Waals surface area contributed by atoms with Gasteiger partial charge >= 0.3 is 86.9 Å². The van der Waals surface area contributed by atoms with E-state index in [0.717, 1.165) is 0 Å². The van der Waals surface area contributed by atoms with Gasteiger partial charge in [-0.05, 0) is 0 Å². The van der Waals surface area contributed by atoms with Crippen molar-refractivity contribution in [1.82, 2.24) is 0 Å². The molecule has 4 nitrogen and oxygen atoms in total. The first kappa shape index (κ1) is 17.2. The van der Waals surface area contributed by atoms with Crippen LogP contribution < -0.4 is 5.73 Å². The van der Waals surface area contributed by atoms with Gasteiger partial charge in [-0.15, -0.1) is 0 Å². The Balaban J connectivity index is -0.000000180. The summed E-state index contributed by atoms with van der Waals surface area (Å²) in [7, 11) is 0. The second kappa shape index (κ2) is 10.0. The van der Waals surface area contributed by atoms with Crippen LogP contribution in [-0.4, -0.2) is 110 Å². The molecule has 0 aliphatic heterocycles. The van der Waals surface area contributed by atoms with Crippen molar-refractivity contribution in [3.05, 3.63) is 0 Å². The molecule has 1 unspecified atom stereocenters. The van der Waals surface area contributed by atoms with Crippen molar-refractivity contribution < 1.29 is 15.0 Å². The van der Waals surface area contributed by atoms with Gasteiger partial charge in [-0.3, -0.25) is 4.79 Å². The van der Waals surface area contributed by atoms with Gasteiger partial charge in [0.25, 0.3) is 0 Å². The van der Waals surface area contributed by atoms with E-state index in [4.69, 9.17) is 15.9 Å². The van der Waals surface area contributed by atoms with Crippen LogP contribution in [-0.2, 0) is 4.79 Å². The SMILES string of the molecule is NC(CO)C(=O)O.[KH].[NaH]. The molecule has 0 saturated heterocycles. The van der Waals surface area contributed by atoms with E-state index in [2.05, 4.69) is 0 Å². The third-order valence-corrected chi connectivity index (χ3v) is 0.514. The molecular weight excluding hydrogens is 160 g/mol. The van der Waals surface area contributed by atoms with Gasteiger partial charge in [0.2, 0.25) is 0 Å². The van der Waals surface area contributed by atoms with Crippen LogP contribution in [0.2, 0.25) is 0 Å². The number of aliphatic carboxylic acids is 1. The maximum absolute atomic E-state index is 9.65. The number of carboxylic acids is 1. The van der Waals surface area contributed by atoms with Crippen molar-refractivity contribution in [2.24, 2.45) is 5.73 Å². The van der Waals surface area contributed by atoms with E-state index in [0.29, 0.717) is 0 Å². The van der Waals surface area contributed by atoms with Gasteiger partial charge < -0.3 is 15.9 Å². The number of aliphatic hydroxyl groups is 1. The fourth-order valence-corrected chi connectivity index (χ4v) is 0.0781. The van der Waals surface area contributed by atoms with E-state index < -0.39 is 18.6 Å². The van der Waals surface area contributed by atoms with Crippen molar-refractivity contribution in [2.75, 3.05) is 6.61 Å². The van der Waals surface area contributed by atoms with E-state index in [1.54, 1.807) is 0 Å². The van der Waals surface area contributed by atoms with E-state index in [9.17, 15) is 4.79 Å². The zero-order valence-electron chi connectivity index (χ0n) is 3.66. The molecule has 0 fully saturated rings. The van der Waals surface area contributed by atoms with Crippen LogP contribution in [0.4, 0.5) is 0 Å². The molecule has 9 heavy (non-hydrogen) atoms. The van der Waals surface area contributed by atoms with Crippen LogP contribution >= 0.6 is 0 Å². The number of rotatable bonds is 2. The molecule has 6 heteroatoms. The predicted octanol–water partition coefficient (Wildman–Crippen LogP) is -2.91. The third-order valence-electron chi connectivity index (χ3n) is 0.514. The Bertz CT molecular complexity index is 81.5. The molecule has 0 heterocycles. The predicted molar refractivity (Wildman–Crippen MR) is 37.0 cm³/mol. The number of hydrogen-bond acceptors (Lipinski definition) is 3. The Morgan fingerprint density at radius 2 is 2.00 bits per heavy atom. The van der Waals surface area contributed by atoms with Crippen LogP contribution in [0.25, 0.3) is 0 Å². The molecule has 0 aromatic rings. The van der Waals surface area contributed by atoms with Crippen molar-refractivity contribution in [2.45, 2.75) is 6.04 Å². The van der Waals surface area contributed by atoms with Gasteiger partial charge in [-0.25, -0.2) is 0 Å². The van der Waals surface area contributed by atoms with E-state index in [1.165, 1.54) is 0 Å². The Hall–Kier alpha value is 2.03. The molecule has 0 rings (SSSR count). The van der Waals surface area contributed by atoms with Crippen LogP contribution in [0.1, 0.15) is 0 Å². The van der Waals surface area contributed by atoms with Gasteiger partial charge in [0.1, 0.15) is 6.04 Å². The summed E-state index contributed by atoms with van der Waals surface area (Å²) in [5, 5.41) is 15.9. The van der Waals surface area contributed by atoms with Crippen LogP contribution in [0.3, 0.4) is 0 Å². The Morgan fingerprint density at radius 1 is 1.67 bits per heavy atom. The van der Waals surface area contributed by atoms with Gasteiger partial charge in [-0.1, -0.05) is 0 Å².